The number of benzene rings is 1. The Morgan fingerprint density at radius 3 is 2.70 bits per heavy atom. The first-order valence-electron chi connectivity index (χ1n) is 8.26. The fraction of sp³-hybridized carbons (Fsp3) is 0.647. The molecule has 0 saturated heterocycles. The number of aliphatic hydroxyl groups is 1. The largest absolute Gasteiger partial charge is 0.497 e. The second kappa shape index (κ2) is 6.51. The predicted molar refractivity (Wildman–Crippen MR) is 86.2 cm³/mol. The first kappa shape index (κ1) is 16.3. The van der Waals surface area contributed by atoms with Gasteiger partial charge in [0.2, 0.25) is 0 Å². The van der Waals surface area contributed by atoms with E-state index in [1.807, 2.05) is 0 Å². The maximum Gasteiger partial charge on any atom is 0.272 e. The maximum atomic E-state index is 14.5. The van der Waals surface area contributed by atoms with E-state index in [1.54, 1.807) is 18.2 Å². The van der Waals surface area contributed by atoms with Gasteiger partial charge < -0.3 is 20.5 Å². The highest BCUT2D eigenvalue weighted by atomic mass is 19.3. The number of halogens is 2. The van der Waals surface area contributed by atoms with Crippen LogP contribution in [0, 0.1) is 5.92 Å². The SMILES string of the molecule is COc1ccc2c(c1)NC(O)C(C(F)(F)CCCCC1CC1)N2. The molecule has 1 aliphatic carbocycles. The number of anilines is 2. The summed E-state index contributed by atoms with van der Waals surface area (Å²) in [4.78, 5) is 0. The van der Waals surface area contributed by atoms with Crippen LogP contribution in [0.3, 0.4) is 0 Å². The molecule has 0 radical (unpaired) electrons. The van der Waals surface area contributed by atoms with Gasteiger partial charge in [0.1, 0.15) is 11.8 Å². The lowest BCUT2D eigenvalue weighted by molar-refractivity contribution is -0.0600. The van der Waals surface area contributed by atoms with Crippen LogP contribution in [0.15, 0.2) is 18.2 Å². The van der Waals surface area contributed by atoms with Crippen LogP contribution in [-0.4, -0.2) is 30.4 Å². The van der Waals surface area contributed by atoms with Crippen LogP contribution in [0.25, 0.3) is 0 Å². The molecule has 6 heteroatoms. The summed E-state index contributed by atoms with van der Waals surface area (Å²) in [5.74, 6) is -1.59. The molecule has 23 heavy (non-hydrogen) atoms. The number of alkyl halides is 2. The van der Waals surface area contributed by atoms with Gasteiger partial charge in [-0.15, -0.1) is 0 Å². The highest BCUT2D eigenvalue weighted by molar-refractivity contribution is 5.73. The molecular formula is C17H24F2N2O2. The van der Waals surface area contributed by atoms with Crippen molar-refractivity contribution < 1.29 is 18.6 Å². The summed E-state index contributed by atoms with van der Waals surface area (Å²) < 4.78 is 34.0. The van der Waals surface area contributed by atoms with Gasteiger partial charge in [0.15, 0.2) is 6.23 Å². The number of hydrogen-bond acceptors (Lipinski definition) is 4. The zero-order valence-electron chi connectivity index (χ0n) is 13.3. The molecule has 2 atom stereocenters. The molecule has 3 N–H and O–H groups in total. The van der Waals surface area contributed by atoms with E-state index in [4.69, 9.17) is 4.74 Å². The number of aliphatic hydroxyl groups excluding tert-OH is 1. The van der Waals surface area contributed by atoms with Crippen LogP contribution in [0.2, 0.25) is 0 Å². The van der Waals surface area contributed by atoms with E-state index < -0.39 is 18.2 Å². The second-order valence-electron chi connectivity index (χ2n) is 6.57. The molecule has 1 aromatic rings. The molecule has 0 aromatic heterocycles. The van der Waals surface area contributed by atoms with Crippen molar-refractivity contribution in [3.05, 3.63) is 18.2 Å². The van der Waals surface area contributed by atoms with Gasteiger partial charge in [-0.1, -0.05) is 25.7 Å². The van der Waals surface area contributed by atoms with Crippen LogP contribution in [0.4, 0.5) is 20.2 Å². The Morgan fingerprint density at radius 2 is 2.00 bits per heavy atom. The van der Waals surface area contributed by atoms with Crippen molar-refractivity contribution in [3.63, 3.8) is 0 Å². The second-order valence-corrected chi connectivity index (χ2v) is 6.57. The van der Waals surface area contributed by atoms with E-state index in [2.05, 4.69) is 10.6 Å². The predicted octanol–water partition coefficient (Wildman–Crippen LogP) is 3.83. The smallest absolute Gasteiger partial charge is 0.272 e. The number of hydrogen-bond donors (Lipinski definition) is 3. The lowest BCUT2D eigenvalue weighted by atomic mass is 9.98. The van der Waals surface area contributed by atoms with Gasteiger partial charge in [0.05, 0.1) is 18.5 Å². The molecule has 1 heterocycles. The Morgan fingerprint density at radius 1 is 1.22 bits per heavy atom. The van der Waals surface area contributed by atoms with Crippen LogP contribution < -0.4 is 15.4 Å². The first-order chi connectivity index (χ1) is 11.0. The molecule has 0 amide bonds. The van der Waals surface area contributed by atoms with Crippen LogP contribution >= 0.6 is 0 Å². The molecule has 0 spiro atoms. The summed E-state index contributed by atoms with van der Waals surface area (Å²) in [5, 5.41) is 15.6. The summed E-state index contributed by atoms with van der Waals surface area (Å²) in [6, 6.07) is 3.73. The molecule has 128 valence electrons. The van der Waals surface area contributed by atoms with Crippen molar-refractivity contribution in [2.24, 2.45) is 5.92 Å². The molecular weight excluding hydrogens is 302 g/mol. The minimum absolute atomic E-state index is 0.207. The maximum absolute atomic E-state index is 14.5. The van der Waals surface area contributed by atoms with E-state index in [9.17, 15) is 13.9 Å². The molecule has 1 saturated carbocycles. The summed E-state index contributed by atoms with van der Waals surface area (Å²) in [5.41, 5.74) is 1.12. The lowest BCUT2D eigenvalue weighted by Crippen LogP contribution is -2.53. The third-order valence-corrected chi connectivity index (χ3v) is 4.68. The van der Waals surface area contributed by atoms with Crippen molar-refractivity contribution >= 4 is 11.4 Å². The molecule has 0 bridgehead atoms. The summed E-state index contributed by atoms with van der Waals surface area (Å²) in [7, 11) is 1.53. The van der Waals surface area contributed by atoms with Crippen molar-refractivity contribution in [1.82, 2.24) is 0 Å². The minimum Gasteiger partial charge on any atom is -0.497 e. The monoisotopic (exact) mass is 326 g/mol. The van der Waals surface area contributed by atoms with Gasteiger partial charge >= 0.3 is 0 Å². The quantitative estimate of drug-likeness (QED) is 0.667. The highest BCUT2D eigenvalue weighted by Gasteiger charge is 2.45. The summed E-state index contributed by atoms with van der Waals surface area (Å²) in [6.07, 6.45) is 3.34. The molecule has 2 aliphatic rings. The van der Waals surface area contributed by atoms with Gasteiger partial charge in [-0.25, -0.2) is 8.78 Å². The van der Waals surface area contributed by atoms with Crippen LogP contribution in [0.1, 0.15) is 38.5 Å². The Bertz CT molecular complexity index is 549. The molecule has 2 unspecified atom stereocenters. The Labute approximate surface area is 135 Å². The third-order valence-electron chi connectivity index (χ3n) is 4.68. The molecule has 3 rings (SSSR count). The lowest BCUT2D eigenvalue weighted by Gasteiger charge is -2.37. The number of nitrogens with one attached hydrogen (secondary N) is 2. The fourth-order valence-corrected chi connectivity index (χ4v) is 3.08. The number of fused-ring (bicyclic) bond motifs is 1. The van der Waals surface area contributed by atoms with Crippen LogP contribution in [0.5, 0.6) is 5.75 Å². The van der Waals surface area contributed by atoms with Gasteiger partial charge in [-0.3, -0.25) is 0 Å². The van der Waals surface area contributed by atoms with Gasteiger partial charge in [-0.2, -0.15) is 0 Å². The number of methoxy groups -OCH3 is 1. The zero-order valence-corrected chi connectivity index (χ0v) is 13.3. The highest BCUT2D eigenvalue weighted by Crippen LogP contribution is 2.39. The van der Waals surface area contributed by atoms with Crippen molar-refractivity contribution in [2.45, 2.75) is 56.7 Å². The van der Waals surface area contributed by atoms with Gasteiger partial charge in [0, 0.05) is 12.5 Å². The van der Waals surface area contributed by atoms with Crippen molar-refractivity contribution in [3.8, 4) is 5.75 Å². The summed E-state index contributed by atoms with van der Waals surface area (Å²) in [6.45, 7) is 0. The van der Waals surface area contributed by atoms with Crippen molar-refractivity contribution in [2.75, 3.05) is 17.7 Å². The average Bonchev–Trinajstić information content (AvgIpc) is 3.34. The number of ether oxygens (including phenoxy) is 1. The fourth-order valence-electron chi connectivity index (χ4n) is 3.08. The van der Waals surface area contributed by atoms with E-state index in [1.165, 1.54) is 20.0 Å². The topological polar surface area (TPSA) is 53.5 Å². The molecule has 4 nitrogen and oxygen atoms in total. The van der Waals surface area contributed by atoms with Crippen molar-refractivity contribution in [1.29, 1.82) is 0 Å². The average molecular weight is 326 g/mol. The Kier molecular flexibility index (Phi) is 4.62. The molecule has 1 fully saturated rings. The van der Waals surface area contributed by atoms with E-state index in [0.29, 0.717) is 23.5 Å². The Balaban J connectivity index is 1.61. The number of rotatable bonds is 7. The minimum atomic E-state index is -2.96. The summed E-state index contributed by atoms with van der Waals surface area (Å²) >= 11 is 0. The Hall–Kier alpha value is -1.56. The first-order valence-corrected chi connectivity index (χ1v) is 8.26. The van der Waals surface area contributed by atoms with Gasteiger partial charge in [0.25, 0.3) is 5.92 Å². The van der Waals surface area contributed by atoms with E-state index in [-0.39, 0.29) is 6.42 Å². The zero-order chi connectivity index (χ0) is 16.4. The number of unbranched alkanes of at least 4 members (excludes halogenated alkanes) is 1. The van der Waals surface area contributed by atoms with Crippen LogP contribution in [-0.2, 0) is 0 Å². The van der Waals surface area contributed by atoms with Gasteiger partial charge in [-0.05, 0) is 24.5 Å². The standard InChI is InChI=1S/C17H24F2N2O2/c1-23-12-7-8-13-14(10-12)21-16(22)15(20-13)17(18,19)9-3-2-4-11-5-6-11/h7-8,10-11,15-16,20-22H,2-6,9H2,1H3. The molecule has 1 aliphatic heterocycles. The normalized spacial score (nSPS) is 23.7. The third kappa shape index (κ3) is 3.86. The molecule has 1 aromatic carbocycles. The van der Waals surface area contributed by atoms with E-state index in [0.717, 1.165) is 18.8 Å². The van der Waals surface area contributed by atoms with E-state index >= 15 is 0 Å².